The molecule has 0 bridgehead atoms. The smallest absolute Gasteiger partial charge is 0.228 e. The van der Waals surface area contributed by atoms with Gasteiger partial charge < -0.3 is 0 Å². The van der Waals surface area contributed by atoms with Crippen molar-refractivity contribution in [2.45, 2.75) is 74.9 Å². The third-order valence-corrected chi connectivity index (χ3v) is 5.67. The summed E-state index contributed by atoms with van der Waals surface area (Å²) in [5.74, 6) is 1.18. The molecule has 0 radical (unpaired) electrons. The zero-order chi connectivity index (χ0) is 15.4. The molecule has 0 aromatic carbocycles. The Morgan fingerprint density at radius 3 is 2.45 bits per heavy atom. The number of hydrogen-bond acceptors (Lipinski definition) is 4. The highest BCUT2D eigenvalue weighted by atomic mass is 35.5. The topological polar surface area (TPSA) is 43.1 Å². The van der Waals surface area contributed by atoms with E-state index in [1.165, 1.54) is 51.4 Å². The summed E-state index contributed by atoms with van der Waals surface area (Å²) in [5, 5.41) is 5.40. The number of aliphatic imine (C=N–C) groups is 1. The van der Waals surface area contributed by atoms with E-state index in [4.69, 9.17) is 16.6 Å². The molecule has 1 fully saturated rings. The minimum absolute atomic E-state index is 0.0626. The third kappa shape index (κ3) is 3.85. The highest BCUT2D eigenvalue weighted by Gasteiger charge is 2.29. The van der Waals surface area contributed by atoms with Crippen LogP contribution in [-0.2, 0) is 6.54 Å². The Kier molecular flexibility index (Phi) is 5.80. The fourth-order valence-electron chi connectivity index (χ4n) is 3.43. The van der Waals surface area contributed by atoms with Crippen LogP contribution in [0.4, 0.5) is 5.95 Å². The van der Waals surface area contributed by atoms with Crippen molar-refractivity contribution in [2.24, 2.45) is 10.9 Å². The number of fused-ring (bicyclic) bond motifs is 2. The number of nitrogens with zero attached hydrogens (tertiary/aromatic N) is 4. The maximum Gasteiger partial charge on any atom is 0.248 e. The molecule has 0 spiro atoms. The monoisotopic (exact) mass is 340 g/mol. The molecule has 1 aromatic heterocycles. The predicted octanol–water partition coefficient (Wildman–Crippen LogP) is 4.83. The number of aromatic nitrogens is 3. The summed E-state index contributed by atoms with van der Waals surface area (Å²) in [6.45, 7) is 0.894. The Morgan fingerprint density at radius 2 is 1.73 bits per heavy atom. The SMILES string of the molecule is CSc1nc2n(n1)CC1CCCCCCCCCC(Cl)C1=N2. The van der Waals surface area contributed by atoms with Gasteiger partial charge in [0.1, 0.15) is 0 Å². The van der Waals surface area contributed by atoms with Gasteiger partial charge >= 0.3 is 0 Å². The maximum atomic E-state index is 6.70. The number of thioether (sulfide) groups is 1. The van der Waals surface area contributed by atoms with E-state index in [-0.39, 0.29) is 5.38 Å². The minimum Gasteiger partial charge on any atom is -0.228 e. The molecule has 122 valence electrons. The van der Waals surface area contributed by atoms with Gasteiger partial charge in [0.2, 0.25) is 11.1 Å². The Balaban J connectivity index is 1.81. The molecule has 2 unspecified atom stereocenters. The van der Waals surface area contributed by atoms with Gasteiger partial charge in [0, 0.05) is 11.6 Å². The first kappa shape index (κ1) is 16.3. The number of halogens is 1. The highest BCUT2D eigenvalue weighted by molar-refractivity contribution is 7.98. The van der Waals surface area contributed by atoms with Crippen molar-refractivity contribution in [1.82, 2.24) is 14.8 Å². The summed E-state index contributed by atoms with van der Waals surface area (Å²) < 4.78 is 1.97. The molecule has 22 heavy (non-hydrogen) atoms. The normalized spacial score (nSPS) is 27.1. The van der Waals surface area contributed by atoms with Crippen LogP contribution < -0.4 is 0 Å². The summed E-state index contributed by atoms with van der Waals surface area (Å²) in [4.78, 5) is 9.30. The molecule has 2 heterocycles. The summed E-state index contributed by atoms with van der Waals surface area (Å²) in [6.07, 6.45) is 13.4. The number of rotatable bonds is 1. The first-order valence-electron chi connectivity index (χ1n) is 8.49. The number of hydrogen-bond donors (Lipinski definition) is 0. The molecule has 2 atom stereocenters. The van der Waals surface area contributed by atoms with E-state index < -0.39 is 0 Å². The standard InChI is InChI=1S/C16H25ClN4S/c1-22-16-19-15-18-14-12(11-21(15)20-16)9-7-5-3-2-4-6-8-10-13(14)17/h12-13H,2-11H2,1H3. The zero-order valence-corrected chi connectivity index (χ0v) is 14.9. The van der Waals surface area contributed by atoms with E-state index in [0.29, 0.717) is 5.92 Å². The van der Waals surface area contributed by atoms with Crippen molar-refractivity contribution in [2.75, 3.05) is 6.26 Å². The average molecular weight is 341 g/mol. The molecule has 1 aliphatic carbocycles. The van der Waals surface area contributed by atoms with Crippen LogP contribution in [0.15, 0.2) is 10.1 Å². The van der Waals surface area contributed by atoms with E-state index in [2.05, 4.69) is 10.1 Å². The molecule has 0 amide bonds. The van der Waals surface area contributed by atoms with Crippen LogP contribution in [0.25, 0.3) is 0 Å². The summed E-state index contributed by atoms with van der Waals surface area (Å²) in [7, 11) is 0. The quantitative estimate of drug-likeness (QED) is 0.543. The Labute approximate surface area is 142 Å². The fraction of sp³-hybridized carbons (Fsp3) is 0.812. The van der Waals surface area contributed by atoms with E-state index in [1.807, 2.05) is 10.9 Å². The minimum atomic E-state index is 0.0626. The molecular formula is C16H25ClN4S. The Bertz CT molecular complexity index is 528. The van der Waals surface area contributed by atoms with Crippen molar-refractivity contribution >= 4 is 35.0 Å². The second-order valence-electron chi connectivity index (χ2n) is 6.33. The summed E-state index contributed by atoms with van der Waals surface area (Å²) in [5.41, 5.74) is 1.16. The Morgan fingerprint density at radius 1 is 1.05 bits per heavy atom. The van der Waals surface area contributed by atoms with Gasteiger partial charge in [-0.25, -0.2) is 9.67 Å². The number of alkyl halides is 1. The zero-order valence-electron chi connectivity index (χ0n) is 13.3. The molecule has 1 aromatic rings. The van der Waals surface area contributed by atoms with Crippen molar-refractivity contribution in [3.63, 3.8) is 0 Å². The fourth-order valence-corrected chi connectivity index (χ4v) is 4.16. The van der Waals surface area contributed by atoms with Crippen LogP contribution >= 0.6 is 23.4 Å². The van der Waals surface area contributed by atoms with Crippen LogP contribution in [0.3, 0.4) is 0 Å². The Hall–Kier alpha value is -0.550. The van der Waals surface area contributed by atoms with Crippen molar-refractivity contribution in [1.29, 1.82) is 0 Å². The van der Waals surface area contributed by atoms with Crippen LogP contribution in [-0.4, -0.2) is 32.1 Å². The maximum absolute atomic E-state index is 6.70. The molecule has 1 saturated carbocycles. The lowest BCUT2D eigenvalue weighted by molar-refractivity contribution is 0.437. The average Bonchev–Trinajstić information content (AvgIpc) is 2.93. The van der Waals surface area contributed by atoms with Crippen LogP contribution in [0, 0.1) is 5.92 Å². The molecule has 3 rings (SSSR count). The van der Waals surface area contributed by atoms with Gasteiger partial charge in [-0.3, -0.25) is 0 Å². The van der Waals surface area contributed by atoms with Crippen LogP contribution in [0.1, 0.15) is 57.8 Å². The third-order valence-electron chi connectivity index (χ3n) is 4.69. The highest BCUT2D eigenvalue weighted by Crippen LogP contribution is 2.30. The van der Waals surface area contributed by atoms with Gasteiger partial charge in [0.25, 0.3) is 0 Å². The molecular weight excluding hydrogens is 316 g/mol. The van der Waals surface area contributed by atoms with Gasteiger partial charge in [-0.2, -0.15) is 4.98 Å². The van der Waals surface area contributed by atoms with E-state index >= 15 is 0 Å². The molecule has 4 nitrogen and oxygen atoms in total. The summed E-state index contributed by atoms with van der Waals surface area (Å²) in [6, 6.07) is 0. The molecule has 0 N–H and O–H groups in total. The largest absolute Gasteiger partial charge is 0.248 e. The first-order chi connectivity index (χ1) is 10.8. The van der Waals surface area contributed by atoms with Crippen molar-refractivity contribution in [3.05, 3.63) is 0 Å². The van der Waals surface area contributed by atoms with Crippen molar-refractivity contribution in [3.8, 4) is 0 Å². The first-order valence-corrected chi connectivity index (χ1v) is 10.2. The van der Waals surface area contributed by atoms with Gasteiger partial charge in [-0.05, 0) is 19.1 Å². The van der Waals surface area contributed by atoms with E-state index in [9.17, 15) is 0 Å². The lowest BCUT2D eigenvalue weighted by Gasteiger charge is -2.26. The molecule has 0 saturated heterocycles. The summed E-state index contributed by atoms with van der Waals surface area (Å²) >= 11 is 8.27. The lowest BCUT2D eigenvalue weighted by atomic mass is 9.90. The van der Waals surface area contributed by atoms with Gasteiger partial charge in [-0.15, -0.1) is 16.7 Å². The lowest BCUT2D eigenvalue weighted by Crippen LogP contribution is -2.31. The van der Waals surface area contributed by atoms with Crippen LogP contribution in [0.5, 0.6) is 0 Å². The second-order valence-corrected chi connectivity index (χ2v) is 7.63. The van der Waals surface area contributed by atoms with Gasteiger partial charge in [0.15, 0.2) is 0 Å². The van der Waals surface area contributed by atoms with Crippen LogP contribution in [0.2, 0.25) is 0 Å². The molecule has 1 aliphatic heterocycles. The molecule has 2 aliphatic rings. The van der Waals surface area contributed by atoms with E-state index in [0.717, 1.165) is 29.8 Å². The van der Waals surface area contributed by atoms with Gasteiger partial charge in [0.05, 0.1) is 11.9 Å². The predicted molar refractivity (Wildman–Crippen MR) is 93.6 cm³/mol. The second kappa shape index (κ2) is 7.82. The molecule has 6 heteroatoms. The van der Waals surface area contributed by atoms with Gasteiger partial charge in [-0.1, -0.05) is 56.7 Å². The van der Waals surface area contributed by atoms with Crippen molar-refractivity contribution < 1.29 is 0 Å². The van der Waals surface area contributed by atoms with E-state index in [1.54, 1.807) is 11.8 Å².